The van der Waals surface area contributed by atoms with E-state index < -0.39 is 0 Å². The summed E-state index contributed by atoms with van der Waals surface area (Å²) in [6, 6.07) is 0.198. The molecule has 0 aliphatic carbocycles. The van der Waals surface area contributed by atoms with Crippen molar-refractivity contribution in [1.82, 2.24) is 9.80 Å². The van der Waals surface area contributed by atoms with Crippen LogP contribution in [-0.2, 0) is 4.79 Å². The van der Waals surface area contributed by atoms with Gasteiger partial charge in [0.2, 0.25) is 5.91 Å². The van der Waals surface area contributed by atoms with Gasteiger partial charge in [0.05, 0.1) is 0 Å². The standard InChI is InChI=1S/C12H23N3O.2ClH/c1-14-7-4-10(5-8-14)12(16)15-6-2-3-11(13)9-15;;/h10-11H,2-9,13H2,1H3;2*1H. The van der Waals surface area contributed by atoms with E-state index in [4.69, 9.17) is 5.73 Å². The van der Waals surface area contributed by atoms with E-state index in [0.717, 1.165) is 51.9 Å². The zero-order chi connectivity index (χ0) is 11.5. The van der Waals surface area contributed by atoms with Gasteiger partial charge in [-0.2, -0.15) is 0 Å². The van der Waals surface area contributed by atoms with Crippen LogP contribution in [0, 0.1) is 5.92 Å². The number of rotatable bonds is 1. The zero-order valence-electron chi connectivity index (χ0n) is 11.0. The molecule has 18 heavy (non-hydrogen) atoms. The number of nitrogens with zero attached hydrogens (tertiary/aromatic N) is 2. The van der Waals surface area contributed by atoms with E-state index in [1.165, 1.54) is 0 Å². The lowest BCUT2D eigenvalue weighted by molar-refractivity contribution is -0.138. The lowest BCUT2D eigenvalue weighted by Crippen LogP contribution is -2.49. The lowest BCUT2D eigenvalue weighted by atomic mass is 9.94. The summed E-state index contributed by atoms with van der Waals surface area (Å²) < 4.78 is 0. The van der Waals surface area contributed by atoms with Gasteiger partial charge in [0.15, 0.2) is 0 Å². The number of likely N-dealkylation sites (tertiary alicyclic amines) is 2. The topological polar surface area (TPSA) is 49.6 Å². The highest BCUT2D eigenvalue weighted by Gasteiger charge is 2.29. The molecule has 4 nitrogen and oxygen atoms in total. The van der Waals surface area contributed by atoms with E-state index in [2.05, 4.69) is 11.9 Å². The lowest BCUT2D eigenvalue weighted by Gasteiger charge is -2.36. The first-order chi connectivity index (χ1) is 7.66. The Bertz CT molecular complexity index is 258. The quantitative estimate of drug-likeness (QED) is 0.789. The molecule has 2 N–H and O–H groups in total. The predicted octanol–water partition coefficient (Wildman–Crippen LogP) is 1.12. The van der Waals surface area contributed by atoms with E-state index in [1.54, 1.807) is 0 Å². The summed E-state index contributed by atoms with van der Waals surface area (Å²) in [7, 11) is 2.12. The Balaban J connectivity index is 0.00000144. The van der Waals surface area contributed by atoms with Crippen LogP contribution in [0.15, 0.2) is 0 Å². The van der Waals surface area contributed by atoms with Gasteiger partial charge in [0.25, 0.3) is 0 Å². The number of piperidine rings is 2. The van der Waals surface area contributed by atoms with Gasteiger partial charge in [-0.1, -0.05) is 0 Å². The normalized spacial score (nSPS) is 26.1. The molecule has 6 heteroatoms. The fourth-order valence-electron chi connectivity index (χ4n) is 2.72. The van der Waals surface area contributed by atoms with E-state index in [1.807, 2.05) is 4.90 Å². The van der Waals surface area contributed by atoms with Gasteiger partial charge in [-0.3, -0.25) is 4.79 Å². The number of amides is 1. The van der Waals surface area contributed by atoms with Crippen molar-refractivity contribution in [1.29, 1.82) is 0 Å². The van der Waals surface area contributed by atoms with Gasteiger partial charge in [-0.15, -0.1) is 24.8 Å². The summed E-state index contributed by atoms with van der Waals surface area (Å²) >= 11 is 0. The van der Waals surface area contributed by atoms with Crippen LogP contribution in [0.3, 0.4) is 0 Å². The summed E-state index contributed by atoms with van der Waals surface area (Å²) in [5.41, 5.74) is 5.91. The third kappa shape index (κ3) is 4.57. The summed E-state index contributed by atoms with van der Waals surface area (Å²) in [5.74, 6) is 0.602. The summed E-state index contributed by atoms with van der Waals surface area (Å²) in [4.78, 5) is 16.5. The van der Waals surface area contributed by atoms with Gasteiger partial charge in [-0.25, -0.2) is 0 Å². The second-order valence-corrected chi connectivity index (χ2v) is 5.26. The molecular weight excluding hydrogens is 273 g/mol. The molecule has 0 aromatic carbocycles. The van der Waals surface area contributed by atoms with E-state index in [9.17, 15) is 4.79 Å². The molecule has 0 spiro atoms. The van der Waals surface area contributed by atoms with Crippen molar-refractivity contribution in [2.24, 2.45) is 11.7 Å². The highest BCUT2D eigenvalue weighted by Crippen LogP contribution is 2.20. The number of hydrogen-bond donors (Lipinski definition) is 1. The number of halogens is 2. The van der Waals surface area contributed by atoms with Crippen LogP contribution in [0.25, 0.3) is 0 Å². The average Bonchev–Trinajstić information content (AvgIpc) is 2.29. The highest BCUT2D eigenvalue weighted by atomic mass is 35.5. The monoisotopic (exact) mass is 297 g/mol. The van der Waals surface area contributed by atoms with E-state index in [-0.39, 0.29) is 36.8 Å². The smallest absolute Gasteiger partial charge is 0.225 e. The molecule has 1 atom stereocenters. The van der Waals surface area contributed by atoms with Gasteiger partial charge >= 0.3 is 0 Å². The van der Waals surface area contributed by atoms with Crippen molar-refractivity contribution >= 4 is 30.7 Å². The zero-order valence-corrected chi connectivity index (χ0v) is 12.6. The first-order valence-corrected chi connectivity index (χ1v) is 6.39. The van der Waals surface area contributed by atoms with Crippen molar-refractivity contribution in [2.75, 3.05) is 33.2 Å². The Labute approximate surface area is 122 Å². The molecule has 2 rings (SSSR count). The molecule has 2 saturated heterocycles. The highest BCUT2D eigenvalue weighted by molar-refractivity contribution is 5.85. The van der Waals surface area contributed by atoms with Crippen molar-refractivity contribution in [2.45, 2.75) is 31.7 Å². The fourth-order valence-corrected chi connectivity index (χ4v) is 2.72. The van der Waals surface area contributed by atoms with Crippen LogP contribution in [0.1, 0.15) is 25.7 Å². The molecule has 0 saturated carbocycles. The van der Waals surface area contributed by atoms with Gasteiger partial charge in [0.1, 0.15) is 0 Å². The van der Waals surface area contributed by atoms with Gasteiger partial charge < -0.3 is 15.5 Å². The summed E-state index contributed by atoms with van der Waals surface area (Å²) in [6.07, 6.45) is 4.17. The first kappa shape index (κ1) is 18.0. The third-order valence-corrected chi connectivity index (χ3v) is 3.84. The van der Waals surface area contributed by atoms with Crippen LogP contribution < -0.4 is 5.73 Å². The Morgan fingerprint density at radius 2 is 1.72 bits per heavy atom. The van der Waals surface area contributed by atoms with Crippen molar-refractivity contribution in [3.63, 3.8) is 0 Å². The molecule has 0 aromatic heterocycles. The Morgan fingerprint density at radius 3 is 2.28 bits per heavy atom. The molecule has 2 heterocycles. The summed E-state index contributed by atoms with van der Waals surface area (Å²) in [5, 5.41) is 0. The van der Waals surface area contributed by atoms with Crippen LogP contribution in [0.5, 0.6) is 0 Å². The average molecular weight is 298 g/mol. The third-order valence-electron chi connectivity index (χ3n) is 3.84. The minimum Gasteiger partial charge on any atom is -0.341 e. The second-order valence-electron chi connectivity index (χ2n) is 5.26. The molecule has 0 bridgehead atoms. The Hall–Kier alpha value is -0.0300. The van der Waals surface area contributed by atoms with Crippen LogP contribution in [-0.4, -0.2) is 55.0 Å². The molecular formula is C12H25Cl2N3O. The molecule has 1 amide bonds. The molecule has 0 aromatic rings. The first-order valence-electron chi connectivity index (χ1n) is 6.39. The maximum atomic E-state index is 12.3. The van der Waals surface area contributed by atoms with Gasteiger partial charge in [0, 0.05) is 25.0 Å². The minimum absolute atomic E-state index is 0. The molecule has 2 aliphatic rings. The van der Waals surface area contributed by atoms with Crippen LogP contribution in [0.4, 0.5) is 0 Å². The maximum Gasteiger partial charge on any atom is 0.225 e. The van der Waals surface area contributed by atoms with Crippen molar-refractivity contribution in [3.05, 3.63) is 0 Å². The molecule has 108 valence electrons. The Kier molecular flexibility index (Phi) is 8.19. The molecule has 1 unspecified atom stereocenters. The molecule has 2 aliphatic heterocycles. The molecule has 2 fully saturated rings. The fraction of sp³-hybridized carbons (Fsp3) is 0.917. The SMILES string of the molecule is CN1CCC(C(=O)N2CCCC(N)C2)CC1.Cl.Cl. The number of carbonyl (C=O) groups excluding carboxylic acids is 1. The molecule has 0 radical (unpaired) electrons. The van der Waals surface area contributed by atoms with E-state index in [0.29, 0.717) is 5.91 Å². The number of carbonyl (C=O) groups is 1. The van der Waals surface area contributed by atoms with E-state index >= 15 is 0 Å². The largest absolute Gasteiger partial charge is 0.341 e. The van der Waals surface area contributed by atoms with Crippen molar-refractivity contribution < 1.29 is 4.79 Å². The van der Waals surface area contributed by atoms with Crippen molar-refractivity contribution in [3.8, 4) is 0 Å². The summed E-state index contributed by atoms with van der Waals surface area (Å²) in [6.45, 7) is 3.79. The van der Waals surface area contributed by atoms with Gasteiger partial charge in [-0.05, 0) is 45.8 Å². The number of nitrogens with two attached hydrogens (primary N) is 1. The maximum absolute atomic E-state index is 12.3. The predicted molar refractivity (Wildman–Crippen MR) is 78.5 cm³/mol. The second kappa shape index (κ2) is 8.20. The Morgan fingerprint density at radius 1 is 1.11 bits per heavy atom. The minimum atomic E-state index is 0. The van der Waals surface area contributed by atoms with Crippen LogP contribution in [0.2, 0.25) is 0 Å². The van der Waals surface area contributed by atoms with Crippen LogP contribution >= 0.6 is 24.8 Å². The number of hydrogen-bond acceptors (Lipinski definition) is 3.